The maximum atomic E-state index is 12.5. The van der Waals surface area contributed by atoms with Crippen LogP contribution in [0.5, 0.6) is 0 Å². The Hall–Kier alpha value is -2.31. The fourth-order valence-electron chi connectivity index (χ4n) is 2.71. The molecular formula is C15H20N2O5. The quantitative estimate of drug-likeness (QED) is 0.869. The predicted octanol–water partition coefficient (Wildman–Crippen LogP) is 1.14. The monoisotopic (exact) mass is 308 g/mol. The fraction of sp³-hybridized carbons (Fsp3) is 0.533. The molecule has 0 aromatic carbocycles. The molecule has 0 radical (unpaired) electrons. The molecule has 1 saturated heterocycles. The topological polar surface area (TPSA) is 99.9 Å². The number of nitrogens with zero attached hydrogens (tertiary/aromatic N) is 1. The maximum Gasteiger partial charge on any atom is 0.339 e. The lowest BCUT2D eigenvalue weighted by molar-refractivity contribution is -0.125. The number of aromatic carboxylic acids is 1. The van der Waals surface area contributed by atoms with Gasteiger partial charge in [0, 0.05) is 32.6 Å². The molecular weight excluding hydrogens is 288 g/mol. The number of piperidine rings is 1. The number of aryl methyl sites for hydroxylation is 1. The van der Waals surface area contributed by atoms with Crippen LogP contribution in [0.15, 0.2) is 10.5 Å². The molecule has 1 aromatic heterocycles. The SMILES string of the molecule is CCc1oc(C(=O)N2CCCC(C(=O)NC)C2)cc1C(=O)O. The van der Waals surface area contributed by atoms with Crippen molar-refractivity contribution in [3.05, 3.63) is 23.2 Å². The van der Waals surface area contributed by atoms with Gasteiger partial charge in [0.1, 0.15) is 11.3 Å². The van der Waals surface area contributed by atoms with Crippen molar-refractivity contribution in [2.24, 2.45) is 5.92 Å². The molecule has 2 rings (SSSR count). The second kappa shape index (κ2) is 6.64. The van der Waals surface area contributed by atoms with Gasteiger partial charge in [-0.25, -0.2) is 4.79 Å². The number of carbonyl (C=O) groups is 3. The Labute approximate surface area is 128 Å². The van der Waals surface area contributed by atoms with Gasteiger partial charge in [0.2, 0.25) is 5.91 Å². The van der Waals surface area contributed by atoms with Gasteiger partial charge in [0.15, 0.2) is 5.76 Å². The minimum atomic E-state index is -1.11. The molecule has 0 bridgehead atoms. The molecule has 1 unspecified atom stereocenters. The Morgan fingerprint density at radius 3 is 2.73 bits per heavy atom. The Balaban J connectivity index is 2.17. The molecule has 0 saturated carbocycles. The van der Waals surface area contributed by atoms with E-state index >= 15 is 0 Å². The first-order valence-electron chi connectivity index (χ1n) is 7.34. The first-order chi connectivity index (χ1) is 10.5. The van der Waals surface area contributed by atoms with Crippen molar-refractivity contribution < 1.29 is 23.9 Å². The molecule has 1 fully saturated rings. The molecule has 22 heavy (non-hydrogen) atoms. The van der Waals surface area contributed by atoms with Crippen LogP contribution in [0.25, 0.3) is 0 Å². The molecule has 2 heterocycles. The van der Waals surface area contributed by atoms with Gasteiger partial charge in [-0.2, -0.15) is 0 Å². The number of amides is 2. The van der Waals surface area contributed by atoms with Gasteiger partial charge in [-0.3, -0.25) is 9.59 Å². The Bertz CT molecular complexity index is 593. The van der Waals surface area contributed by atoms with E-state index in [9.17, 15) is 14.4 Å². The zero-order chi connectivity index (χ0) is 16.3. The van der Waals surface area contributed by atoms with Gasteiger partial charge >= 0.3 is 5.97 Å². The second-order valence-corrected chi connectivity index (χ2v) is 5.31. The van der Waals surface area contributed by atoms with Crippen LogP contribution in [-0.2, 0) is 11.2 Å². The number of likely N-dealkylation sites (tertiary alicyclic amines) is 1. The zero-order valence-corrected chi connectivity index (χ0v) is 12.7. The molecule has 7 nitrogen and oxygen atoms in total. The Morgan fingerprint density at radius 2 is 2.18 bits per heavy atom. The minimum absolute atomic E-state index is 0.0192. The van der Waals surface area contributed by atoms with Crippen molar-refractivity contribution in [3.8, 4) is 0 Å². The molecule has 7 heteroatoms. The number of carbonyl (C=O) groups excluding carboxylic acids is 2. The van der Waals surface area contributed by atoms with E-state index in [4.69, 9.17) is 9.52 Å². The lowest BCUT2D eigenvalue weighted by atomic mass is 9.97. The van der Waals surface area contributed by atoms with Gasteiger partial charge in [-0.15, -0.1) is 0 Å². The fourth-order valence-corrected chi connectivity index (χ4v) is 2.71. The molecule has 120 valence electrons. The second-order valence-electron chi connectivity index (χ2n) is 5.31. The largest absolute Gasteiger partial charge is 0.478 e. The van der Waals surface area contributed by atoms with E-state index in [0.29, 0.717) is 19.5 Å². The maximum absolute atomic E-state index is 12.5. The summed E-state index contributed by atoms with van der Waals surface area (Å²) >= 11 is 0. The normalized spacial score (nSPS) is 18.1. The number of hydrogen-bond acceptors (Lipinski definition) is 4. The predicted molar refractivity (Wildman–Crippen MR) is 77.7 cm³/mol. The standard InChI is InChI=1S/C15H20N2O5/c1-3-11-10(15(20)21)7-12(22-11)14(19)17-6-4-5-9(8-17)13(18)16-2/h7,9H,3-6,8H2,1-2H3,(H,16,18)(H,20,21). The third-order valence-electron chi connectivity index (χ3n) is 3.90. The van der Waals surface area contributed by atoms with Crippen LogP contribution in [0.3, 0.4) is 0 Å². The van der Waals surface area contributed by atoms with Gasteiger partial charge < -0.3 is 19.7 Å². The molecule has 2 amide bonds. The summed E-state index contributed by atoms with van der Waals surface area (Å²) in [5, 5.41) is 11.7. The van der Waals surface area contributed by atoms with E-state index < -0.39 is 5.97 Å². The Morgan fingerprint density at radius 1 is 1.45 bits per heavy atom. The lowest BCUT2D eigenvalue weighted by Gasteiger charge is -2.31. The number of carboxylic acids is 1. The first-order valence-corrected chi connectivity index (χ1v) is 7.34. The van der Waals surface area contributed by atoms with Gasteiger partial charge in [-0.1, -0.05) is 6.92 Å². The van der Waals surface area contributed by atoms with Crippen LogP contribution in [0.1, 0.15) is 46.4 Å². The highest BCUT2D eigenvalue weighted by atomic mass is 16.4. The molecule has 2 N–H and O–H groups in total. The van der Waals surface area contributed by atoms with Gasteiger partial charge in [0.05, 0.1) is 5.92 Å². The smallest absolute Gasteiger partial charge is 0.339 e. The van der Waals surface area contributed by atoms with Crippen molar-refractivity contribution in [3.63, 3.8) is 0 Å². The van der Waals surface area contributed by atoms with Crippen molar-refractivity contribution in [1.29, 1.82) is 0 Å². The van der Waals surface area contributed by atoms with Crippen LogP contribution in [0.4, 0.5) is 0 Å². The summed E-state index contributed by atoms with van der Waals surface area (Å²) in [4.78, 5) is 36.9. The summed E-state index contributed by atoms with van der Waals surface area (Å²) in [6.45, 7) is 2.63. The van der Waals surface area contributed by atoms with Crippen molar-refractivity contribution >= 4 is 17.8 Å². The highest BCUT2D eigenvalue weighted by Crippen LogP contribution is 2.22. The molecule has 1 atom stereocenters. The van der Waals surface area contributed by atoms with Gasteiger partial charge in [-0.05, 0) is 12.8 Å². The van der Waals surface area contributed by atoms with Crippen molar-refractivity contribution in [1.82, 2.24) is 10.2 Å². The average Bonchev–Trinajstić information content (AvgIpc) is 2.98. The van der Waals surface area contributed by atoms with E-state index in [1.165, 1.54) is 6.07 Å². The summed E-state index contributed by atoms with van der Waals surface area (Å²) in [6.07, 6.45) is 1.87. The number of hydrogen-bond donors (Lipinski definition) is 2. The van der Waals surface area contributed by atoms with Crippen LogP contribution in [-0.4, -0.2) is 47.9 Å². The summed E-state index contributed by atoms with van der Waals surface area (Å²) in [7, 11) is 1.57. The summed E-state index contributed by atoms with van der Waals surface area (Å²) in [5.41, 5.74) is 0.0192. The Kier molecular flexibility index (Phi) is 4.85. The van der Waals surface area contributed by atoms with Crippen LogP contribution in [0, 0.1) is 5.92 Å². The third-order valence-corrected chi connectivity index (χ3v) is 3.90. The van der Waals surface area contributed by atoms with Crippen molar-refractivity contribution in [2.75, 3.05) is 20.1 Å². The van der Waals surface area contributed by atoms with Crippen LogP contribution < -0.4 is 5.32 Å². The molecule has 1 aliphatic rings. The summed E-state index contributed by atoms with van der Waals surface area (Å²) in [6, 6.07) is 1.27. The third kappa shape index (κ3) is 3.13. The number of nitrogens with one attached hydrogen (secondary N) is 1. The van der Waals surface area contributed by atoms with E-state index in [1.807, 2.05) is 0 Å². The average molecular weight is 308 g/mol. The zero-order valence-electron chi connectivity index (χ0n) is 12.7. The summed E-state index contributed by atoms with van der Waals surface area (Å²) < 4.78 is 5.39. The highest BCUT2D eigenvalue weighted by Gasteiger charge is 2.30. The van der Waals surface area contributed by atoms with E-state index in [-0.39, 0.29) is 34.8 Å². The van der Waals surface area contributed by atoms with Crippen molar-refractivity contribution in [2.45, 2.75) is 26.2 Å². The number of furan rings is 1. The number of rotatable bonds is 4. The molecule has 0 aliphatic carbocycles. The van der Waals surface area contributed by atoms with E-state index in [2.05, 4.69) is 5.32 Å². The van der Waals surface area contributed by atoms with Crippen LogP contribution >= 0.6 is 0 Å². The molecule has 1 aliphatic heterocycles. The molecule has 1 aromatic rings. The summed E-state index contributed by atoms with van der Waals surface area (Å²) in [5.74, 6) is -1.49. The molecule has 0 spiro atoms. The minimum Gasteiger partial charge on any atom is -0.478 e. The first kappa shape index (κ1) is 16.1. The van der Waals surface area contributed by atoms with Gasteiger partial charge in [0.25, 0.3) is 5.91 Å². The van der Waals surface area contributed by atoms with Crippen LogP contribution in [0.2, 0.25) is 0 Å². The van der Waals surface area contributed by atoms with E-state index in [1.54, 1.807) is 18.9 Å². The lowest BCUT2D eigenvalue weighted by Crippen LogP contribution is -2.44. The van der Waals surface area contributed by atoms with E-state index in [0.717, 1.165) is 12.8 Å². The number of carboxylic acid groups (broad SMARTS) is 1. The highest BCUT2D eigenvalue weighted by molar-refractivity contribution is 5.96.